The summed E-state index contributed by atoms with van der Waals surface area (Å²) in [6.07, 6.45) is 59.3. The molecule has 3 atom stereocenters. The van der Waals surface area contributed by atoms with Gasteiger partial charge in [-0.15, -0.1) is 0 Å². The molecule has 3 unspecified atom stereocenters. The van der Waals surface area contributed by atoms with Crippen molar-refractivity contribution in [3.05, 3.63) is 24.3 Å². The number of unbranched alkanes of at least 4 members (excludes halogenated alkanes) is 35. The molecular weight excluding hydrogens is 703 g/mol. The normalized spacial score (nSPS) is 13.6. The molecule has 0 aliphatic carbocycles. The van der Waals surface area contributed by atoms with Gasteiger partial charge in [0.25, 0.3) is 0 Å². The van der Waals surface area contributed by atoms with E-state index in [9.17, 15) is 20.1 Å². The van der Waals surface area contributed by atoms with Crippen molar-refractivity contribution < 1.29 is 20.1 Å². The lowest BCUT2D eigenvalue weighted by molar-refractivity contribution is -0.124. The predicted molar refractivity (Wildman–Crippen MR) is 250 cm³/mol. The molecule has 0 heterocycles. The zero-order valence-corrected chi connectivity index (χ0v) is 38.5. The number of amides is 1. The average Bonchev–Trinajstić information content (AvgIpc) is 3.22. The van der Waals surface area contributed by atoms with E-state index in [0.717, 1.165) is 38.5 Å². The summed E-state index contributed by atoms with van der Waals surface area (Å²) < 4.78 is 0. The summed E-state index contributed by atoms with van der Waals surface area (Å²) in [5, 5.41) is 33.3. The molecular formula is C52H101NO4. The van der Waals surface area contributed by atoms with E-state index in [0.29, 0.717) is 12.8 Å². The molecule has 338 valence electrons. The van der Waals surface area contributed by atoms with Crippen LogP contribution in [0.25, 0.3) is 0 Å². The molecule has 0 fully saturated rings. The first-order valence-electron chi connectivity index (χ1n) is 25.6. The topological polar surface area (TPSA) is 89.8 Å². The predicted octanol–water partition coefficient (Wildman–Crippen LogP) is 15.3. The van der Waals surface area contributed by atoms with Crippen LogP contribution in [0.4, 0.5) is 0 Å². The van der Waals surface area contributed by atoms with Gasteiger partial charge in [-0.05, 0) is 64.2 Å². The number of carbonyl (C=O) groups is 1. The van der Waals surface area contributed by atoms with Gasteiger partial charge >= 0.3 is 0 Å². The summed E-state index contributed by atoms with van der Waals surface area (Å²) in [5.74, 6) is -0.154. The fraction of sp³-hybridized carbons (Fsp3) is 0.904. The van der Waals surface area contributed by atoms with Crippen molar-refractivity contribution in [2.75, 3.05) is 6.61 Å². The highest BCUT2D eigenvalue weighted by Gasteiger charge is 2.26. The SMILES string of the molecule is CCCCC/C=C/CCCC(O)C(O)C(CO)NC(=O)CCCCCCCCCCCCCCCCCCC/C=C\CCCCCCCCCCCCCCCC. The first-order valence-corrected chi connectivity index (χ1v) is 25.6. The van der Waals surface area contributed by atoms with Gasteiger partial charge in [0.05, 0.1) is 18.8 Å². The van der Waals surface area contributed by atoms with Crippen molar-refractivity contribution in [2.45, 2.75) is 295 Å². The van der Waals surface area contributed by atoms with E-state index in [-0.39, 0.29) is 12.5 Å². The van der Waals surface area contributed by atoms with Crippen LogP contribution in [0.3, 0.4) is 0 Å². The van der Waals surface area contributed by atoms with Crippen LogP contribution in [-0.4, -0.2) is 46.1 Å². The molecule has 0 bridgehead atoms. The number of aliphatic hydroxyl groups excluding tert-OH is 3. The molecule has 0 aromatic carbocycles. The van der Waals surface area contributed by atoms with Crippen LogP contribution in [-0.2, 0) is 4.79 Å². The summed E-state index contributed by atoms with van der Waals surface area (Å²) in [6.45, 7) is 4.12. The number of allylic oxidation sites excluding steroid dienone is 4. The molecule has 0 aliphatic heterocycles. The average molecular weight is 804 g/mol. The van der Waals surface area contributed by atoms with Crippen molar-refractivity contribution >= 4 is 5.91 Å². The third kappa shape index (κ3) is 42.8. The molecule has 5 nitrogen and oxygen atoms in total. The third-order valence-corrected chi connectivity index (χ3v) is 12.0. The second kappa shape index (κ2) is 47.5. The smallest absolute Gasteiger partial charge is 0.220 e. The lowest BCUT2D eigenvalue weighted by atomic mass is 10.0. The molecule has 0 rings (SSSR count). The zero-order chi connectivity index (χ0) is 41.5. The quantitative estimate of drug-likeness (QED) is 0.0364. The highest BCUT2D eigenvalue weighted by Crippen LogP contribution is 2.17. The molecule has 0 saturated carbocycles. The Morgan fingerprint density at radius 1 is 0.421 bits per heavy atom. The molecule has 5 heteroatoms. The fourth-order valence-electron chi connectivity index (χ4n) is 8.04. The Morgan fingerprint density at radius 2 is 0.702 bits per heavy atom. The molecule has 4 N–H and O–H groups in total. The molecule has 0 aromatic rings. The minimum atomic E-state index is -1.15. The van der Waals surface area contributed by atoms with Crippen LogP contribution in [0.2, 0.25) is 0 Å². The van der Waals surface area contributed by atoms with Crippen molar-refractivity contribution in [1.82, 2.24) is 5.32 Å². The van der Waals surface area contributed by atoms with E-state index >= 15 is 0 Å². The minimum absolute atomic E-state index is 0.154. The van der Waals surface area contributed by atoms with E-state index in [4.69, 9.17) is 0 Å². The van der Waals surface area contributed by atoms with E-state index in [1.165, 1.54) is 212 Å². The largest absolute Gasteiger partial charge is 0.394 e. The standard InChI is InChI=1S/C52H101NO4/c1-3-5-7-9-11-13-14-15-16-17-18-19-20-21-22-23-24-25-26-27-28-29-30-31-32-33-34-35-36-37-38-39-41-43-45-47-51(56)53-49(48-54)52(57)50(55)46-44-42-40-12-10-8-6-4-2/h12,23-24,40,49-50,52,54-55,57H,3-11,13-22,25-39,41-48H2,1-2H3,(H,53,56)/b24-23-,40-12+. The summed E-state index contributed by atoms with van der Waals surface area (Å²) in [6, 6.07) is -0.821. The van der Waals surface area contributed by atoms with Crippen molar-refractivity contribution in [1.29, 1.82) is 0 Å². The number of rotatable bonds is 47. The fourth-order valence-corrected chi connectivity index (χ4v) is 8.04. The van der Waals surface area contributed by atoms with Gasteiger partial charge in [-0.3, -0.25) is 4.79 Å². The molecule has 0 radical (unpaired) electrons. The van der Waals surface area contributed by atoms with Gasteiger partial charge in [0.15, 0.2) is 0 Å². The van der Waals surface area contributed by atoms with Gasteiger partial charge in [0.1, 0.15) is 6.10 Å². The summed E-state index contributed by atoms with van der Waals surface area (Å²) >= 11 is 0. The van der Waals surface area contributed by atoms with Gasteiger partial charge in [-0.2, -0.15) is 0 Å². The number of aliphatic hydroxyl groups is 3. The Morgan fingerprint density at radius 3 is 1.05 bits per heavy atom. The molecule has 57 heavy (non-hydrogen) atoms. The molecule has 0 spiro atoms. The molecule has 0 aromatic heterocycles. The van der Waals surface area contributed by atoms with Crippen LogP contribution in [0.15, 0.2) is 24.3 Å². The highest BCUT2D eigenvalue weighted by molar-refractivity contribution is 5.76. The van der Waals surface area contributed by atoms with E-state index in [1.807, 2.05) is 0 Å². The monoisotopic (exact) mass is 804 g/mol. The molecule has 1 amide bonds. The first-order chi connectivity index (χ1) is 28.1. The van der Waals surface area contributed by atoms with E-state index in [2.05, 4.69) is 43.5 Å². The second-order valence-electron chi connectivity index (χ2n) is 17.7. The van der Waals surface area contributed by atoms with Crippen LogP contribution in [0.1, 0.15) is 277 Å². The molecule has 0 aliphatic rings. The number of hydrogen-bond acceptors (Lipinski definition) is 4. The van der Waals surface area contributed by atoms with Crippen LogP contribution in [0.5, 0.6) is 0 Å². The maximum Gasteiger partial charge on any atom is 0.220 e. The lowest BCUT2D eigenvalue weighted by Crippen LogP contribution is -2.50. The van der Waals surface area contributed by atoms with E-state index < -0.39 is 18.2 Å². The zero-order valence-electron chi connectivity index (χ0n) is 38.5. The van der Waals surface area contributed by atoms with Gasteiger partial charge in [-0.25, -0.2) is 0 Å². The Hall–Kier alpha value is -1.17. The van der Waals surface area contributed by atoms with Crippen LogP contribution < -0.4 is 5.32 Å². The Bertz CT molecular complexity index is 844. The maximum atomic E-state index is 12.4. The summed E-state index contributed by atoms with van der Waals surface area (Å²) in [7, 11) is 0. The Labute approximate surface area is 356 Å². The van der Waals surface area contributed by atoms with Crippen molar-refractivity contribution in [2.24, 2.45) is 0 Å². The Balaban J connectivity index is 3.41. The minimum Gasteiger partial charge on any atom is -0.394 e. The Kier molecular flexibility index (Phi) is 46.5. The highest BCUT2D eigenvalue weighted by atomic mass is 16.3. The first kappa shape index (κ1) is 55.8. The summed E-state index contributed by atoms with van der Waals surface area (Å²) in [5.41, 5.74) is 0. The third-order valence-electron chi connectivity index (χ3n) is 12.0. The van der Waals surface area contributed by atoms with Gasteiger partial charge < -0.3 is 20.6 Å². The van der Waals surface area contributed by atoms with Crippen molar-refractivity contribution in [3.63, 3.8) is 0 Å². The second-order valence-corrected chi connectivity index (χ2v) is 17.7. The van der Waals surface area contributed by atoms with Gasteiger partial charge in [0.2, 0.25) is 5.91 Å². The van der Waals surface area contributed by atoms with Crippen LogP contribution in [0, 0.1) is 0 Å². The molecule has 0 saturated heterocycles. The lowest BCUT2D eigenvalue weighted by Gasteiger charge is -2.26. The van der Waals surface area contributed by atoms with E-state index in [1.54, 1.807) is 0 Å². The number of carbonyl (C=O) groups excluding carboxylic acids is 1. The van der Waals surface area contributed by atoms with Gasteiger partial charge in [0, 0.05) is 6.42 Å². The van der Waals surface area contributed by atoms with Crippen molar-refractivity contribution in [3.8, 4) is 0 Å². The maximum absolute atomic E-state index is 12.4. The summed E-state index contributed by atoms with van der Waals surface area (Å²) in [4.78, 5) is 12.4. The van der Waals surface area contributed by atoms with Crippen LogP contribution >= 0.6 is 0 Å². The van der Waals surface area contributed by atoms with Gasteiger partial charge in [-0.1, -0.05) is 231 Å². The number of nitrogens with one attached hydrogen (secondary N) is 1. The number of hydrogen-bond donors (Lipinski definition) is 4.